The first-order chi connectivity index (χ1) is 15.6. The number of carbonyl (C=O) groups is 2. The van der Waals surface area contributed by atoms with E-state index in [9.17, 15) is 18.0 Å². The van der Waals surface area contributed by atoms with Gasteiger partial charge in [0, 0.05) is 17.1 Å². The van der Waals surface area contributed by atoms with Crippen molar-refractivity contribution in [1.82, 2.24) is 10.0 Å². The second kappa shape index (κ2) is 8.38. The molecule has 0 aliphatic heterocycles. The van der Waals surface area contributed by atoms with Gasteiger partial charge >= 0.3 is 0 Å². The highest BCUT2D eigenvalue weighted by Gasteiger charge is 2.55. The van der Waals surface area contributed by atoms with Crippen molar-refractivity contribution < 1.29 is 18.0 Å². The Morgan fingerprint density at radius 1 is 0.939 bits per heavy atom. The molecule has 6 rings (SSSR count). The second-order valence-electron chi connectivity index (χ2n) is 11.3. The van der Waals surface area contributed by atoms with E-state index in [1.165, 1.54) is 31.4 Å². The Balaban J connectivity index is 1.24. The summed E-state index contributed by atoms with van der Waals surface area (Å²) < 4.78 is 27.4. The summed E-state index contributed by atoms with van der Waals surface area (Å²) in [5, 5.41) is 5.97. The van der Waals surface area contributed by atoms with Crippen LogP contribution in [0, 0.1) is 29.1 Å². The number of amides is 2. The molecule has 5 aliphatic carbocycles. The number of anilines is 1. The van der Waals surface area contributed by atoms with E-state index in [2.05, 4.69) is 15.4 Å². The average molecular weight is 474 g/mol. The SMILES string of the molecule is CC(C)C(NC(=O)C12CC3CC(CC(C3)C1)C2)C(=O)Nc1ccc(S(=O)(=O)NC2CC2)cc1. The zero-order valence-corrected chi connectivity index (χ0v) is 20.3. The van der Waals surface area contributed by atoms with Gasteiger partial charge in [-0.2, -0.15) is 0 Å². The van der Waals surface area contributed by atoms with Gasteiger partial charge in [-0.1, -0.05) is 13.8 Å². The molecule has 7 nitrogen and oxygen atoms in total. The van der Waals surface area contributed by atoms with Gasteiger partial charge in [-0.15, -0.1) is 0 Å². The lowest BCUT2D eigenvalue weighted by Crippen LogP contribution is -2.57. The molecule has 0 saturated heterocycles. The molecule has 5 fully saturated rings. The van der Waals surface area contributed by atoms with Crippen LogP contribution in [-0.4, -0.2) is 32.3 Å². The molecule has 8 heteroatoms. The Kier molecular flexibility index (Phi) is 5.80. The van der Waals surface area contributed by atoms with Gasteiger partial charge in [-0.3, -0.25) is 9.59 Å². The highest BCUT2D eigenvalue weighted by molar-refractivity contribution is 7.89. The van der Waals surface area contributed by atoms with Crippen LogP contribution in [0.4, 0.5) is 5.69 Å². The van der Waals surface area contributed by atoms with E-state index < -0.39 is 16.1 Å². The highest BCUT2D eigenvalue weighted by Crippen LogP contribution is 2.60. The van der Waals surface area contributed by atoms with Crippen molar-refractivity contribution in [2.75, 3.05) is 5.32 Å². The molecule has 33 heavy (non-hydrogen) atoms. The fourth-order valence-electron chi connectivity index (χ4n) is 6.64. The summed E-state index contributed by atoms with van der Waals surface area (Å²) in [4.78, 5) is 26.7. The van der Waals surface area contributed by atoms with Gasteiger partial charge in [0.05, 0.1) is 4.90 Å². The largest absolute Gasteiger partial charge is 0.344 e. The van der Waals surface area contributed by atoms with E-state index in [0.717, 1.165) is 32.1 Å². The lowest BCUT2D eigenvalue weighted by molar-refractivity contribution is -0.148. The van der Waals surface area contributed by atoms with Gasteiger partial charge in [0.25, 0.3) is 0 Å². The zero-order valence-electron chi connectivity index (χ0n) is 19.5. The van der Waals surface area contributed by atoms with Crippen molar-refractivity contribution >= 4 is 27.5 Å². The van der Waals surface area contributed by atoms with Crippen molar-refractivity contribution in [1.29, 1.82) is 0 Å². The molecule has 1 atom stereocenters. The standard InChI is InChI=1S/C25H35N3O4S/c1-15(2)22(27-24(30)25-12-16-9-17(13-25)11-18(10-16)14-25)23(29)26-19-5-7-21(8-6-19)33(31,32)28-20-3-4-20/h5-8,15-18,20,22,28H,3-4,9-14H2,1-2H3,(H,26,29)(H,27,30). The maximum absolute atomic E-state index is 13.5. The third kappa shape index (κ3) is 4.69. The molecule has 1 aromatic carbocycles. The molecule has 180 valence electrons. The minimum atomic E-state index is -3.53. The summed E-state index contributed by atoms with van der Waals surface area (Å²) in [5.74, 6) is 1.70. The normalized spacial score (nSPS) is 31.4. The molecule has 1 unspecified atom stereocenters. The first-order valence-electron chi connectivity index (χ1n) is 12.4. The van der Waals surface area contributed by atoms with Gasteiger partial charge < -0.3 is 10.6 Å². The van der Waals surface area contributed by atoms with E-state index in [0.29, 0.717) is 23.4 Å². The van der Waals surface area contributed by atoms with Crippen molar-refractivity contribution in [2.45, 2.75) is 82.2 Å². The zero-order chi connectivity index (χ0) is 23.4. The van der Waals surface area contributed by atoms with Gasteiger partial charge in [0.15, 0.2) is 0 Å². The number of hydrogen-bond acceptors (Lipinski definition) is 4. The van der Waals surface area contributed by atoms with Crippen LogP contribution in [0.15, 0.2) is 29.2 Å². The summed E-state index contributed by atoms with van der Waals surface area (Å²) in [6.07, 6.45) is 8.43. The molecule has 0 radical (unpaired) electrons. The topological polar surface area (TPSA) is 104 Å². The molecular weight excluding hydrogens is 438 g/mol. The van der Waals surface area contributed by atoms with Crippen molar-refractivity contribution in [3.63, 3.8) is 0 Å². The minimum Gasteiger partial charge on any atom is -0.344 e. The predicted molar refractivity (Wildman–Crippen MR) is 126 cm³/mol. The van der Waals surface area contributed by atoms with Gasteiger partial charge in [0.2, 0.25) is 21.8 Å². The molecule has 3 N–H and O–H groups in total. The van der Waals surface area contributed by atoms with Gasteiger partial charge in [-0.05, 0) is 99.3 Å². The third-order valence-electron chi connectivity index (χ3n) is 8.09. The number of nitrogens with one attached hydrogen (secondary N) is 3. The van der Waals surface area contributed by atoms with E-state index in [4.69, 9.17) is 0 Å². The fourth-order valence-corrected chi connectivity index (χ4v) is 7.95. The number of carbonyl (C=O) groups excluding carboxylic acids is 2. The first-order valence-corrected chi connectivity index (χ1v) is 13.9. The first kappa shape index (κ1) is 22.8. The van der Waals surface area contributed by atoms with E-state index in [-0.39, 0.29) is 34.1 Å². The Labute approximate surface area is 196 Å². The maximum atomic E-state index is 13.5. The van der Waals surface area contributed by atoms with Crippen LogP contribution in [0.25, 0.3) is 0 Å². The smallest absolute Gasteiger partial charge is 0.247 e. The summed E-state index contributed by atoms with van der Waals surface area (Å²) in [5.41, 5.74) is 0.215. The molecule has 0 heterocycles. The van der Waals surface area contributed by atoms with Crippen LogP contribution in [0.2, 0.25) is 0 Å². The Morgan fingerprint density at radius 2 is 1.48 bits per heavy atom. The number of hydrogen-bond donors (Lipinski definition) is 3. The van der Waals surface area contributed by atoms with Crippen LogP contribution in [0.3, 0.4) is 0 Å². The second-order valence-corrected chi connectivity index (χ2v) is 13.0. The number of rotatable bonds is 8. The molecule has 5 saturated carbocycles. The monoisotopic (exact) mass is 473 g/mol. The summed E-state index contributed by atoms with van der Waals surface area (Å²) in [7, 11) is -3.53. The van der Waals surface area contributed by atoms with Gasteiger partial charge in [0.1, 0.15) is 6.04 Å². The van der Waals surface area contributed by atoms with E-state index in [1.54, 1.807) is 12.1 Å². The maximum Gasteiger partial charge on any atom is 0.247 e. The quantitative estimate of drug-likeness (QED) is 0.538. The molecule has 1 aromatic rings. The minimum absolute atomic E-state index is 0.0405. The Bertz CT molecular complexity index is 995. The Morgan fingerprint density at radius 3 is 1.97 bits per heavy atom. The Hall–Kier alpha value is -1.93. The van der Waals surface area contributed by atoms with Crippen molar-refractivity contribution in [3.05, 3.63) is 24.3 Å². The van der Waals surface area contributed by atoms with E-state index in [1.807, 2.05) is 13.8 Å². The molecule has 2 amide bonds. The fraction of sp³-hybridized carbons (Fsp3) is 0.680. The van der Waals surface area contributed by atoms with Crippen molar-refractivity contribution in [2.24, 2.45) is 29.1 Å². The number of sulfonamides is 1. The van der Waals surface area contributed by atoms with Crippen LogP contribution in [0.5, 0.6) is 0 Å². The summed E-state index contributed by atoms with van der Waals surface area (Å²) >= 11 is 0. The summed E-state index contributed by atoms with van der Waals surface area (Å²) in [6, 6.07) is 5.59. The molecule has 0 aromatic heterocycles. The average Bonchev–Trinajstić information content (AvgIpc) is 3.54. The third-order valence-corrected chi connectivity index (χ3v) is 9.62. The van der Waals surface area contributed by atoms with Crippen LogP contribution in [-0.2, 0) is 19.6 Å². The summed E-state index contributed by atoms with van der Waals surface area (Å²) in [6.45, 7) is 3.87. The molecule has 5 aliphatic rings. The lowest BCUT2D eigenvalue weighted by atomic mass is 9.49. The molecule has 0 spiro atoms. The highest BCUT2D eigenvalue weighted by atomic mass is 32.2. The van der Waals surface area contributed by atoms with Crippen molar-refractivity contribution in [3.8, 4) is 0 Å². The number of benzene rings is 1. The van der Waals surface area contributed by atoms with Crippen LogP contribution in [0.1, 0.15) is 65.2 Å². The predicted octanol–water partition coefficient (Wildman–Crippen LogP) is 3.42. The van der Waals surface area contributed by atoms with Gasteiger partial charge in [-0.25, -0.2) is 13.1 Å². The molecular formula is C25H35N3O4S. The molecule has 4 bridgehead atoms. The lowest BCUT2D eigenvalue weighted by Gasteiger charge is -2.55. The van der Waals surface area contributed by atoms with E-state index >= 15 is 0 Å². The van der Waals surface area contributed by atoms with Crippen LogP contribution >= 0.6 is 0 Å². The van der Waals surface area contributed by atoms with Crippen LogP contribution < -0.4 is 15.4 Å².